The lowest BCUT2D eigenvalue weighted by atomic mass is 9.86. The first-order chi connectivity index (χ1) is 14.6. The third kappa shape index (κ3) is 4.53. The predicted molar refractivity (Wildman–Crippen MR) is 118 cm³/mol. The fourth-order valence-corrected chi connectivity index (χ4v) is 3.58. The Hall–Kier alpha value is -3.41. The minimum atomic E-state index is -0.767. The van der Waals surface area contributed by atoms with Crippen LogP contribution in [0.15, 0.2) is 41.5 Å². The molecule has 2 aromatic carbocycles. The third-order valence-electron chi connectivity index (χ3n) is 5.35. The van der Waals surface area contributed by atoms with Gasteiger partial charge in [0.05, 0.1) is 5.92 Å². The molecule has 0 spiro atoms. The van der Waals surface area contributed by atoms with Crippen LogP contribution in [0.2, 0.25) is 0 Å². The van der Waals surface area contributed by atoms with E-state index in [1.54, 1.807) is 6.07 Å². The topological polar surface area (TPSA) is 107 Å². The van der Waals surface area contributed by atoms with Gasteiger partial charge in [0, 0.05) is 17.2 Å². The summed E-state index contributed by atoms with van der Waals surface area (Å²) in [6.07, 6.45) is 4.44. The van der Waals surface area contributed by atoms with Crippen molar-refractivity contribution in [1.29, 1.82) is 0 Å². The Labute approximate surface area is 181 Å². The largest absolute Gasteiger partial charge is 0.507 e. The lowest BCUT2D eigenvalue weighted by Crippen LogP contribution is -2.26. The number of hydrogen-bond donors (Lipinski definition) is 4. The van der Waals surface area contributed by atoms with Gasteiger partial charge in [-0.15, -0.1) is 0 Å². The summed E-state index contributed by atoms with van der Waals surface area (Å²) in [7, 11) is 0. The average Bonchev–Trinajstić information content (AvgIpc) is 2.68. The first-order valence-electron chi connectivity index (χ1n) is 10.2. The van der Waals surface area contributed by atoms with Crippen LogP contribution in [0.1, 0.15) is 60.7 Å². The van der Waals surface area contributed by atoms with Crippen molar-refractivity contribution in [1.82, 2.24) is 0 Å². The van der Waals surface area contributed by atoms with Gasteiger partial charge in [0.15, 0.2) is 17.3 Å². The number of benzene rings is 2. The lowest BCUT2D eigenvalue weighted by molar-refractivity contribution is 0.0891. The quantitative estimate of drug-likeness (QED) is 0.402. The van der Waals surface area contributed by atoms with Gasteiger partial charge < -0.3 is 25.2 Å². The molecule has 1 aliphatic heterocycles. The first-order valence-corrected chi connectivity index (χ1v) is 10.2. The van der Waals surface area contributed by atoms with Crippen molar-refractivity contribution in [3.05, 3.63) is 63.8 Å². The maximum absolute atomic E-state index is 13.3. The van der Waals surface area contributed by atoms with Gasteiger partial charge in [-0.1, -0.05) is 29.4 Å². The number of fused-ring (bicyclic) bond motifs is 1. The highest BCUT2D eigenvalue weighted by Crippen LogP contribution is 2.45. The summed E-state index contributed by atoms with van der Waals surface area (Å²) in [5.74, 6) is -1.96. The summed E-state index contributed by atoms with van der Waals surface area (Å²) in [6.45, 7) is 7.66. The number of Topliss-reactive ketones (excluding diaryl/α,β-unsaturated/α-hetero) is 1. The van der Waals surface area contributed by atoms with Crippen LogP contribution in [0.5, 0.6) is 28.7 Å². The van der Waals surface area contributed by atoms with Crippen LogP contribution in [0.25, 0.3) is 0 Å². The van der Waals surface area contributed by atoms with Crippen molar-refractivity contribution in [2.45, 2.75) is 46.5 Å². The normalized spacial score (nSPS) is 15.1. The molecule has 164 valence electrons. The van der Waals surface area contributed by atoms with Gasteiger partial charge in [0.2, 0.25) is 0 Å². The molecule has 0 saturated carbocycles. The molecule has 3 rings (SSSR count). The summed E-state index contributed by atoms with van der Waals surface area (Å²) in [4.78, 5) is 13.3. The summed E-state index contributed by atoms with van der Waals surface area (Å²) < 4.78 is 5.70. The highest BCUT2D eigenvalue weighted by Gasteiger charge is 2.35. The molecule has 31 heavy (non-hydrogen) atoms. The zero-order chi connectivity index (χ0) is 22.9. The highest BCUT2D eigenvalue weighted by atomic mass is 16.5. The Bertz CT molecular complexity index is 1090. The summed E-state index contributed by atoms with van der Waals surface area (Å²) >= 11 is 0. The molecule has 0 saturated heterocycles. The van der Waals surface area contributed by atoms with Crippen molar-refractivity contribution in [3.63, 3.8) is 0 Å². The first kappa shape index (κ1) is 22.3. The fraction of sp³-hybridized carbons (Fsp3) is 0.320. The van der Waals surface area contributed by atoms with E-state index >= 15 is 0 Å². The Morgan fingerprint density at radius 3 is 2.23 bits per heavy atom. The van der Waals surface area contributed by atoms with E-state index in [2.05, 4.69) is 0 Å². The van der Waals surface area contributed by atoms with Gasteiger partial charge in [-0.05, 0) is 52.2 Å². The molecule has 0 amide bonds. The number of phenolic OH excluding ortho intramolecular Hbond substituents is 4. The maximum Gasteiger partial charge on any atom is 0.181 e. The zero-order valence-electron chi connectivity index (χ0n) is 18.2. The Morgan fingerprint density at radius 1 is 0.935 bits per heavy atom. The molecule has 0 aliphatic carbocycles. The molecule has 6 nitrogen and oxygen atoms in total. The number of ether oxygens (including phenoxy) is 1. The molecule has 4 N–H and O–H groups in total. The van der Waals surface area contributed by atoms with E-state index in [4.69, 9.17) is 4.74 Å². The maximum atomic E-state index is 13.3. The summed E-state index contributed by atoms with van der Waals surface area (Å²) in [5.41, 5.74) is 3.33. The van der Waals surface area contributed by atoms with Gasteiger partial charge >= 0.3 is 0 Å². The molecule has 1 unspecified atom stereocenters. The SMILES string of the molecule is CC(C)=CCc1cc(C2COc3cc(O)c(CC=C(C)C)c(O)c3C2=O)cc(O)c1O. The summed E-state index contributed by atoms with van der Waals surface area (Å²) in [5, 5.41) is 41.5. The molecular formula is C25H28O6. The molecule has 1 aliphatic rings. The third-order valence-corrected chi connectivity index (χ3v) is 5.35. The monoisotopic (exact) mass is 424 g/mol. The number of rotatable bonds is 5. The molecule has 1 heterocycles. The number of phenols is 4. The van der Waals surface area contributed by atoms with Gasteiger partial charge in [0.1, 0.15) is 29.4 Å². The molecule has 0 radical (unpaired) electrons. The van der Waals surface area contributed by atoms with Crippen molar-refractivity contribution in [3.8, 4) is 28.7 Å². The van der Waals surface area contributed by atoms with E-state index in [-0.39, 0.29) is 58.7 Å². The molecular weight excluding hydrogens is 396 g/mol. The van der Waals surface area contributed by atoms with E-state index in [1.807, 2.05) is 39.8 Å². The van der Waals surface area contributed by atoms with Crippen LogP contribution < -0.4 is 4.74 Å². The lowest BCUT2D eigenvalue weighted by Gasteiger charge is -2.26. The molecule has 2 aromatic rings. The van der Waals surface area contributed by atoms with E-state index in [9.17, 15) is 25.2 Å². The second-order valence-corrected chi connectivity index (χ2v) is 8.34. The number of ketones is 1. The smallest absolute Gasteiger partial charge is 0.181 e. The van der Waals surface area contributed by atoms with Crippen LogP contribution in [0, 0.1) is 0 Å². The van der Waals surface area contributed by atoms with Crippen molar-refractivity contribution < 1.29 is 30.0 Å². The number of hydrogen-bond acceptors (Lipinski definition) is 6. The van der Waals surface area contributed by atoms with Gasteiger partial charge in [0.25, 0.3) is 0 Å². The number of allylic oxidation sites excluding steroid dienone is 4. The van der Waals surface area contributed by atoms with E-state index in [0.717, 1.165) is 11.1 Å². The second kappa shape index (κ2) is 8.76. The number of aromatic hydroxyl groups is 4. The minimum Gasteiger partial charge on any atom is -0.507 e. The van der Waals surface area contributed by atoms with Crippen molar-refractivity contribution in [2.75, 3.05) is 6.61 Å². The number of carbonyl (C=O) groups excluding carboxylic acids is 1. The van der Waals surface area contributed by atoms with Gasteiger partial charge in [-0.3, -0.25) is 4.79 Å². The Kier molecular flexibility index (Phi) is 6.29. The molecule has 1 atom stereocenters. The van der Waals surface area contributed by atoms with Crippen LogP contribution >= 0.6 is 0 Å². The predicted octanol–water partition coefficient (Wildman–Crippen LogP) is 4.89. The van der Waals surface area contributed by atoms with E-state index in [1.165, 1.54) is 12.1 Å². The minimum absolute atomic E-state index is 0.00959. The zero-order valence-corrected chi connectivity index (χ0v) is 18.2. The number of carbonyl (C=O) groups is 1. The van der Waals surface area contributed by atoms with Crippen LogP contribution in [0.4, 0.5) is 0 Å². The van der Waals surface area contributed by atoms with Crippen molar-refractivity contribution >= 4 is 5.78 Å². The van der Waals surface area contributed by atoms with Crippen LogP contribution in [0.3, 0.4) is 0 Å². The van der Waals surface area contributed by atoms with E-state index < -0.39 is 5.92 Å². The van der Waals surface area contributed by atoms with Gasteiger partial charge in [-0.2, -0.15) is 0 Å². The second-order valence-electron chi connectivity index (χ2n) is 8.34. The van der Waals surface area contributed by atoms with Crippen LogP contribution in [-0.4, -0.2) is 32.8 Å². The van der Waals surface area contributed by atoms with Crippen molar-refractivity contribution in [2.24, 2.45) is 0 Å². The molecule has 0 bridgehead atoms. The molecule has 0 aromatic heterocycles. The van der Waals surface area contributed by atoms with Gasteiger partial charge in [-0.25, -0.2) is 0 Å². The molecule has 0 fully saturated rings. The standard InChI is InChI=1S/C25H28O6/c1-13(2)5-7-15-9-16(10-20(27)23(15)28)18-12-31-21-11-19(26)17(8-6-14(3)4)24(29)22(21)25(18)30/h5-6,9-11,18,26-29H,7-8,12H2,1-4H3. The van der Waals surface area contributed by atoms with E-state index in [0.29, 0.717) is 17.5 Å². The average molecular weight is 424 g/mol. The summed E-state index contributed by atoms with van der Waals surface area (Å²) in [6, 6.07) is 4.37. The Morgan fingerprint density at radius 2 is 1.58 bits per heavy atom. The fourth-order valence-electron chi connectivity index (χ4n) is 3.58. The van der Waals surface area contributed by atoms with Crippen LogP contribution in [-0.2, 0) is 12.8 Å². The Balaban J connectivity index is 2.04. The highest BCUT2D eigenvalue weighted by molar-refractivity contribution is 6.07. The molecule has 6 heteroatoms.